The zero-order valence-corrected chi connectivity index (χ0v) is 19.3. The quantitative estimate of drug-likeness (QED) is 0.395. The third-order valence-corrected chi connectivity index (χ3v) is 6.77. The van der Waals surface area contributed by atoms with Gasteiger partial charge in [-0.3, -0.25) is 9.69 Å². The van der Waals surface area contributed by atoms with E-state index in [1.165, 1.54) is 17.6 Å². The molecular formula is C24H22N2O4S2. The van der Waals surface area contributed by atoms with Crippen molar-refractivity contribution in [3.05, 3.63) is 89.5 Å². The van der Waals surface area contributed by atoms with E-state index in [1.54, 1.807) is 36.3 Å². The Hall–Kier alpha value is -3.23. The second kappa shape index (κ2) is 9.10. The molecule has 1 heterocycles. The van der Waals surface area contributed by atoms with Gasteiger partial charge in [0.2, 0.25) is 0 Å². The second-order valence-electron chi connectivity index (χ2n) is 7.47. The summed E-state index contributed by atoms with van der Waals surface area (Å²) in [5, 5.41) is 0.585. The van der Waals surface area contributed by atoms with Crippen LogP contribution in [0.25, 0.3) is 10.2 Å². The van der Waals surface area contributed by atoms with Crippen molar-refractivity contribution in [2.45, 2.75) is 12.3 Å². The molecule has 0 fully saturated rings. The van der Waals surface area contributed by atoms with E-state index in [-0.39, 0.29) is 11.7 Å². The summed E-state index contributed by atoms with van der Waals surface area (Å²) in [7, 11) is -1.53. The van der Waals surface area contributed by atoms with Gasteiger partial charge in [0.15, 0.2) is 15.0 Å². The van der Waals surface area contributed by atoms with Crippen LogP contribution in [0.3, 0.4) is 0 Å². The van der Waals surface area contributed by atoms with Crippen molar-refractivity contribution < 1.29 is 17.9 Å². The second-order valence-corrected chi connectivity index (χ2v) is 10.6. The number of carbonyl (C=O) groups is 1. The minimum atomic E-state index is -3.14. The Balaban J connectivity index is 1.70. The van der Waals surface area contributed by atoms with Crippen molar-refractivity contribution in [2.75, 3.05) is 18.3 Å². The van der Waals surface area contributed by atoms with E-state index in [1.807, 2.05) is 48.5 Å². The predicted octanol–water partition coefficient (Wildman–Crippen LogP) is 4.70. The smallest absolute Gasteiger partial charge is 0.260 e. The highest BCUT2D eigenvalue weighted by Gasteiger charge is 2.22. The van der Waals surface area contributed by atoms with Crippen LogP contribution in [0.15, 0.2) is 72.8 Å². The number of thiazole rings is 1. The van der Waals surface area contributed by atoms with Crippen molar-refractivity contribution in [2.24, 2.45) is 0 Å². The molecule has 4 aromatic rings. The molecule has 4 rings (SSSR count). The molecule has 1 aromatic heterocycles. The number of rotatable bonds is 7. The van der Waals surface area contributed by atoms with E-state index in [9.17, 15) is 13.2 Å². The maximum Gasteiger partial charge on any atom is 0.260 e. The number of carbonyl (C=O) groups excluding carboxylic acids is 1. The summed E-state index contributed by atoms with van der Waals surface area (Å²) >= 11 is 1.42. The molecule has 0 saturated heterocycles. The highest BCUT2D eigenvalue weighted by atomic mass is 32.2. The van der Waals surface area contributed by atoms with Gasteiger partial charge in [0.25, 0.3) is 5.91 Å². The lowest BCUT2D eigenvalue weighted by molar-refractivity contribution is 0.0985. The molecule has 0 spiro atoms. The highest BCUT2D eigenvalue weighted by Crippen LogP contribution is 2.33. The molecule has 0 aliphatic carbocycles. The van der Waals surface area contributed by atoms with Crippen LogP contribution in [0.5, 0.6) is 5.75 Å². The fourth-order valence-electron chi connectivity index (χ4n) is 3.33. The van der Waals surface area contributed by atoms with Crippen molar-refractivity contribution in [3.8, 4) is 5.75 Å². The molecule has 0 aliphatic heterocycles. The molecule has 6 nitrogen and oxygen atoms in total. The van der Waals surface area contributed by atoms with Crippen molar-refractivity contribution in [1.82, 2.24) is 4.98 Å². The zero-order chi connectivity index (χ0) is 22.7. The van der Waals surface area contributed by atoms with Crippen LogP contribution < -0.4 is 9.64 Å². The normalized spacial score (nSPS) is 11.4. The molecule has 0 radical (unpaired) electrons. The molecule has 0 saturated carbocycles. The van der Waals surface area contributed by atoms with Crippen molar-refractivity contribution in [1.29, 1.82) is 0 Å². The number of amides is 1. The Kier molecular flexibility index (Phi) is 6.25. The highest BCUT2D eigenvalue weighted by molar-refractivity contribution is 7.89. The summed E-state index contributed by atoms with van der Waals surface area (Å²) in [4.78, 5) is 19.8. The van der Waals surface area contributed by atoms with Crippen LogP contribution in [0.1, 0.15) is 21.5 Å². The first-order valence-electron chi connectivity index (χ1n) is 9.89. The summed E-state index contributed by atoms with van der Waals surface area (Å²) in [5.41, 5.74) is 2.88. The molecule has 0 bridgehead atoms. The monoisotopic (exact) mass is 466 g/mol. The van der Waals surface area contributed by atoms with Crippen LogP contribution in [-0.2, 0) is 22.1 Å². The van der Waals surface area contributed by atoms with Gasteiger partial charge in [-0.25, -0.2) is 13.4 Å². The fraction of sp³-hybridized carbons (Fsp3) is 0.167. The number of sulfone groups is 1. The third kappa shape index (κ3) is 5.15. The Morgan fingerprint density at radius 1 is 1.00 bits per heavy atom. The number of ether oxygens (including phenoxy) is 1. The Morgan fingerprint density at radius 3 is 2.38 bits per heavy atom. The minimum Gasteiger partial charge on any atom is -0.497 e. The number of nitrogens with zero attached hydrogens (tertiary/aromatic N) is 2. The number of fused-ring (bicyclic) bond motifs is 1. The molecule has 164 valence electrons. The van der Waals surface area contributed by atoms with Gasteiger partial charge in [-0.2, -0.15) is 0 Å². The van der Waals surface area contributed by atoms with Crippen LogP contribution >= 0.6 is 11.3 Å². The van der Waals surface area contributed by atoms with E-state index >= 15 is 0 Å². The first-order chi connectivity index (χ1) is 15.3. The first kappa shape index (κ1) is 22.0. The van der Waals surface area contributed by atoms with Gasteiger partial charge in [0.1, 0.15) is 5.75 Å². The van der Waals surface area contributed by atoms with Gasteiger partial charge in [-0.1, -0.05) is 53.8 Å². The number of anilines is 1. The van der Waals surface area contributed by atoms with Crippen LogP contribution in [-0.4, -0.2) is 32.7 Å². The molecule has 0 aliphatic rings. The number of hydrogen-bond acceptors (Lipinski definition) is 6. The number of aromatic nitrogens is 1. The maximum atomic E-state index is 13.5. The molecule has 0 unspecified atom stereocenters. The van der Waals surface area contributed by atoms with Crippen LogP contribution in [0, 0.1) is 0 Å². The molecular weight excluding hydrogens is 444 g/mol. The average Bonchev–Trinajstić information content (AvgIpc) is 3.20. The molecule has 1 amide bonds. The van der Waals surface area contributed by atoms with Gasteiger partial charge >= 0.3 is 0 Å². The summed E-state index contributed by atoms with van der Waals surface area (Å²) in [6.45, 7) is 0.363. The Labute approximate surface area is 191 Å². The number of benzene rings is 3. The first-order valence-corrected chi connectivity index (χ1v) is 12.8. The largest absolute Gasteiger partial charge is 0.497 e. The summed E-state index contributed by atoms with van der Waals surface area (Å²) in [6, 6.07) is 22.0. The minimum absolute atomic E-state index is 0.0606. The molecule has 8 heteroatoms. The summed E-state index contributed by atoms with van der Waals surface area (Å²) in [6.07, 6.45) is 1.19. The molecule has 3 aromatic carbocycles. The van der Waals surface area contributed by atoms with Gasteiger partial charge < -0.3 is 4.74 Å². The standard InChI is InChI=1S/C24H22N2O4S2/c1-30-20-12-13-21-22(14-20)31-24(25-21)26(15-17-6-4-3-5-7-17)23(27)19-10-8-18(9-11-19)16-32(2,28)29/h3-14H,15-16H2,1-2H3. The predicted molar refractivity (Wildman–Crippen MR) is 128 cm³/mol. The summed E-state index contributed by atoms with van der Waals surface area (Å²) in [5.74, 6) is 0.468. The Bertz CT molecular complexity index is 1350. The van der Waals surface area contributed by atoms with Gasteiger partial charge in [-0.05, 0) is 41.5 Å². The van der Waals surface area contributed by atoms with Crippen LogP contribution in [0.4, 0.5) is 5.13 Å². The maximum absolute atomic E-state index is 13.5. The van der Waals surface area contributed by atoms with E-state index in [2.05, 4.69) is 4.98 Å². The molecule has 32 heavy (non-hydrogen) atoms. The lowest BCUT2D eigenvalue weighted by atomic mass is 10.1. The molecule has 0 N–H and O–H groups in total. The average molecular weight is 467 g/mol. The lowest BCUT2D eigenvalue weighted by Gasteiger charge is -2.20. The van der Waals surface area contributed by atoms with Gasteiger partial charge in [0, 0.05) is 11.8 Å². The van der Waals surface area contributed by atoms with Crippen LogP contribution in [0.2, 0.25) is 0 Å². The topological polar surface area (TPSA) is 76.6 Å². The Morgan fingerprint density at radius 2 is 1.72 bits per heavy atom. The van der Waals surface area contributed by atoms with E-state index in [0.29, 0.717) is 22.8 Å². The van der Waals surface area contributed by atoms with Crippen molar-refractivity contribution >= 4 is 42.4 Å². The molecule has 0 atom stereocenters. The number of methoxy groups -OCH3 is 1. The zero-order valence-electron chi connectivity index (χ0n) is 17.7. The third-order valence-electron chi connectivity index (χ3n) is 4.87. The van der Waals surface area contributed by atoms with E-state index < -0.39 is 9.84 Å². The van der Waals surface area contributed by atoms with Gasteiger partial charge in [0.05, 0.1) is 29.6 Å². The number of hydrogen-bond donors (Lipinski definition) is 0. The van der Waals surface area contributed by atoms with Gasteiger partial charge in [-0.15, -0.1) is 0 Å². The fourth-order valence-corrected chi connectivity index (χ4v) is 5.12. The van der Waals surface area contributed by atoms with E-state index in [4.69, 9.17) is 4.74 Å². The van der Waals surface area contributed by atoms with E-state index in [0.717, 1.165) is 21.5 Å². The summed E-state index contributed by atoms with van der Waals surface area (Å²) < 4.78 is 29.3. The lowest BCUT2D eigenvalue weighted by Crippen LogP contribution is -2.30. The SMILES string of the molecule is COc1ccc2nc(N(Cc3ccccc3)C(=O)c3ccc(CS(C)(=O)=O)cc3)sc2c1. The van der Waals surface area contributed by atoms with Crippen molar-refractivity contribution in [3.63, 3.8) is 0 Å².